The summed E-state index contributed by atoms with van der Waals surface area (Å²) in [6.45, 7) is 2.57. The molecule has 0 bridgehead atoms. The lowest BCUT2D eigenvalue weighted by Gasteiger charge is -2.16. The SMILES string of the molecule is COC(CNc1c(C)cccc1Cl)OC. The molecule has 0 aliphatic heterocycles. The lowest BCUT2D eigenvalue weighted by Crippen LogP contribution is -2.24. The van der Waals surface area contributed by atoms with Crippen molar-refractivity contribution in [2.45, 2.75) is 13.2 Å². The van der Waals surface area contributed by atoms with Gasteiger partial charge in [0.05, 0.1) is 17.3 Å². The minimum absolute atomic E-state index is 0.263. The van der Waals surface area contributed by atoms with Gasteiger partial charge in [-0.15, -0.1) is 0 Å². The van der Waals surface area contributed by atoms with Crippen LogP contribution in [0.4, 0.5) is 5.69 Å². The predicted molar refractivity (Wildman–Crippen MR) is 62.5 cm³/mol. The second-order valence-electron chi connectivity index (χ2n) is 3.21. The minimum Gasteiger partial charge on any atom is -0.379 e. The number of hydrogen-bond donors (Lipinski definition) is 1. The molecule has 0 amide bonds. The molecule has 0 saturated heterocycles. The van der Waals surface area contributed by atoms with Crippen molar-refractivity contribution in [3.63, 3.8) is 0 Å². The van der Waals surface area contributed by atoms with E-state index in [4.69, 9.17) is 21.1 Å². The molecule has 0 aromatic heterocycles. The molecule has 1 rings (SSSR count). The fraction of sp³-hybridized carbons (Fsp3) is 0.455. The number of para-hydroxylation sites is 1. The summed E-state index contributed by atoms with van der Waals surface area (Å²) < 4.78 is 10.1. The Bertz CT molecular complexity index is 293. The molecule has 15 heavy (non-hydrogen) atoms. The molecule has 4 heteroatoms. The largest absolute Gasteiger partial charge is 0.379 e. The average molecular weight is 230 g/mol. The first-order chi connectivity index (χ1) is 7.19. The molecular formula is C11H16ClNO2. The summed E-state index contributed by atoms with van der Waals surface area (Å²) >= 11 is 6.06. The van der Waals surface area contributed by atoms with Crippen LogP contribution >= 0.6 is 11.6 Å². The van der Waals surface area contributed by atoms with Gasteiger partial charge in [-0.1, -0.05) is 23.7 Å². The average Bonchev–Trinajstić information content (AvgIpc) is 2.23. The number of halogens is 1. The van der Waals surface area contributed by atoms with E-state index in [-0.39, 0.29) is 6.29 Å². The first-order valence-electron chi connectivity index (χ1n) is 4.73. The Balaban J connectivity index is 2.64. The third-order valence-corrected chi connectivity index (χ3v) is 2.51. The predicted octanol–water partition coefficient (Wildman–Crippen LogP) is 2.68. The summed E-state index contributed by atoms with van der Waals surface area (Å²) in [6, 6.07) is 5.78. The van der Waals surface area contributed by atoms with Crippen molar-refractivity contribution in [3.05, 3.63) is 28.8 Å². The summed E-state index contributed by atoms with van der Waals surface area (Å²) in [6.07, 6.45) is -0.263. The van der Waals surface area contributed by atoms with Gasteiger partial charge >= 0.3 is 0 Å². The molecule has 0 saturated carbocycles. The lowest BCUT2D eigenvalue weighted by atomic mass is 10.2. The fourth-order valence-electron chi connectivity index (χ4n) is 1.30. The molecule has 0 spiro atoms. The van der Waals surface area contributed by atoms with Crippen LogP contribution in [0.25, 0.3) is 0 Å². The standard InChI is InChI=1S/C11H16ClNO2/c1-8-5-4-6-9(12)11(8)13-7-10(14-2)15-3/h4-6,10,13H,7H2,1-3H3. The molecule has 1 aromatic rings. The van der Waals surface area contributed by atoms with Gasteiger partial charge in [0.25, 0.3) is 0 Å². The van der Waals surface area contributed by atoms with Gasteiger partial charge in [-0.3, -0.25) is 0 Å². The quantitative estimate of drug-likeness (QED) is 0.788. The van der Waals surface area contributed by atoms with E-state index >= 15 is 0 Å². The Hall–Kier alpha value is -0.770. The molecule has 84 valence electrons. The summed E-state index contributed by atoms with van der Waals surface area (Å²) in [7, 11) is 3.21. The maximum atomic E-state index is 6.06. The van der Waals surface area contributed by atoms with Crippen molar-refractivity contribution in [1.82, 2.24) is 0 Å². The van der Waals surface area contributed by atoms with Gasteiger partial charge in [-0.25, -0.2) is 0 Å². The van der Waals surface area contributed by atoms with Crippen LogP contribution in [0.2, 0.25) is 5.02 Å². The number of hydrogen-bond acceptors (Lipinski definition) is 3. The van der Waals surface area contributed by atoms with Crippen LogP contribution in [-0.4, -0.2) is 27.1 Å². The highest BCUT2D eigenvalue weighted by Crippen LogP contribution is 2.25. The zero-order valence-electron chi connectivity index (χ0n) is 9.21. The number of nitrogens with one attached hydrogen (secondary N) is 1. The van der Waals surface area contributed by atoms with Gasteiger partial charge in [0.1, 0.15) is 0 Å². The number of anilines is 1. The second kappa shape index (κ2) is 5.95. The van der Waals surface area contributed by atoms with E-state index in [2.05, 4.69) is 5.32 Å². The van der Waals surface area contributed by atoms with Crippen molar-refractivity contribution < 1.29 is 9.47 Å². The van der Waals surface area contributed by atoms with Gasteiger partial charge in [-0.2, -0.15) is 0 Å². The van der Waals surface area contributed by atoms with Crippen LogP contribution in [-0.2, 0) is 9.47 Å². The van der Waals surface area contributed by atoms with Crippen molar-refractivity contribution >= 4 is 17.3 Å². The first-order valence-corrected chi connectivity index (χ1v) is 5.11. The molecule has 0 unspecified atom stereocenters. The maximum absolute atomic E-state index is 6.06. The topological polar surface area (TPSA) is 30.5 Å². The van der Waals surface area contributed by atoms with E-state index < -0.39 is 0 Å². The molecule has 1 aromatic carbocycles. The van der Waals surface area contributed by atoms with Crippen LogP contribution in [0.3, 0.4) is 0 Å². The Morgan fingerprint density at radius 1 is 1.33 bits per heavy atom. The number of benzene rings is 1. The van der Waals surface area contributed by atoms with Gasteiger partial charge in [-0.05, 0) is 18.6 Å². The fourth-order valence-corrected chi connectivity index (χ4v) is 1.59. The monoisotopic (exact) mass is 229 g/mol. The highest BCUT2D eigenvalue weighted by Gasteiger charge is 2.07. The van der Waals surface area contributed by atoms with E-state index in [0.29, 0.717) is 11.6 Å². The summed E-state index contributed by atoms with van der Waals surface area (Å²) in [5.41, 5.74) is 2.03. The zero-order chi connectivity index (χ0) is 11.3. The zero-order valence-corrected chi connectivity index (χ0v) is 9.97. The van der Waals surface area contributed by atoms with Crippen LogP contribution < -0.4 is 5.32 Å². The minimum atomic E-state index is -0.263. The van der Waals surface area contributed by atoms with Crippen molar-refractivity contribution in [3.8, 4) is 0 Å². The Labute approximate surface area is 95.3 Å². The number of ether oxygens (including phenoxy) is 2. The van der Waals surface area contributed by atoms with Crippen molar-refractivity contribution in [1.29, 1.82) is 0 Å². The van der Waals surface area contributed by atoms with E-state index in [1.54, 1.807) is 14.2 Å². The molecule has 0 aliphatic carbocycles. The molecular weight excluding hydrogens is 214 g/mol. The van der Waals surface area contributed by atoms with Gasteiger partial charge in [0, 0.05) is 14.2 Å². The van der Waals surface area contributed by atoms with Gasteiger partial charge in [0.15, 0.2) is 6.29 Å². The van der Waals surface area contributed by atoms with Gasteiger partial charge < -0.3 is 14.8 Å². The number of methoxy groups -OCH3 is 2. The smallest absolute Gasteiger partial charge is 0.173 e. The molecule has 0 radical (unpaired) electrons. The number of aryl methyl sites for hydroxylation is 1. The van der Waals surface area contributed by atoms with Crippen molar-refractivity contribution in [2.24, 2.45) is 0 Å². The second-order valence-corrected chi connectivity index (χ2v) is 3.62. The van der Waals surface area contributed by atoms with Crippen LogP contribution in [0.15, 0.2) is 18.2 Å². The summed E-state index contributed by atoms with van der Waals surface area (Å²) in [5.74, 6) is 0. The third kappa shape index (κ3) is 3.38. The van der Waals surface area contributed by atoms with E-state index in [0.717, 1.165) is 11.3 Å². The Kier molecular flexibility index (Phi) is 4.88. The Morgan fingerprint density at radius 3 is 2.53 bits per heavy atom. The number of rotatable bonds is 5. The van der Waals surface area contributed by atoms with Gasteiger partial charge in [0.2, 0.25) is 0 Å². The lowest BCUT2D eigenvalue weighted by molar-refractivity contribution is -0.0914. The molecule has 1 N–H and O–H groups in total. The first kappa shape index (κ1) is 12.3. The normalized spacial score (nSPS) is 10.7. The molecule has 0 aliphatic rings. The molecule has 3 nitrogen and oxygen atoms in total. The molecule has 0 heterocycles. The molecule has 0 fully saturated rings. The highest BCUT2D eigenvalue weighted by atomic mass is 35.5. The highest BCUT2D eigenvalue weighted by molar-refractivity contribution is 6.33. The third-order valence-electron chi connectivity index (χ3n) is 2.19. The molecule has 0 atom stereocenters. The van der Waals surface area contributed by atoms with E-state index in [1.165, 1.54) is 0 Å². The van der Waals surface area contributed by atoms with Crippen LogP contribution in [0, 0.1) is 6.92 Å². The summed E-state index contributed by atoms with van der Waals surface area (Å²) in [4.78, 5) is 0. The van der Waals surface area contributed by atoms with Crippen molar-refractivity contribution in [2.75, 3.05) is 26.1 Å². The van der Waals surface area contributed by atoms with Crippen LogP contribution in [0.1, 0.15) is 5.56 Å². The maximum Gasteiger partial charge on any atom is 0.173 e. The summed E-state index contributed by atoms with van der Waals surface area (Å²) in [5, 5.41) is 3.91. The van der Waals surface area contributed by atoms with E-state index in [9.17, 15) is 0 Å². The Morgan fingerprint density at radius 2 is 2.00 bits per heavy atom. The van der Waals surface area contributed by atoms with Crippen LogP contribution in [0.5, 0.6) is 0 Å². The van der Waals surface area contributed by atoms with E-state index in [1.807, 2.05) is 25.1 Å².